The lowest BCUT2D eigenvalue weighted by Crippen LogP contribution is -2.07. The molecule has 0 aliphatic heterocycles. The Bertz CT molecular complexity index is 494. The molecule has 0 radical (unpaired) electrons. The average Bonchev–Trinajstić information content (AvgIpc) is 2.98. The predicted molar refractivity (Wildman–Crippen MR) is 64.1 cm³/mol. The summed E-state index contributed by atoms with van der Waals surface area (Å²) >= 11 is 1.25. The number of methoxy groups -OCH3 is 1. The van der Waals surface area contributed by atoms with Gasteiger partial charge in [0.05, 0.1) is 19.3 Å². The van der Waals surface area contributed by atoms with Crippen molar-refractivity contribution in [3.63, 3.8) is 0 Å². The molecular weight excluding hydrogens is 240 g/mol. The minimum atomic E-state index is -0.374. The summed E-state index contributed by atoms with van der Waals surface area (Å²) in [5, 5.41) is 3.81. The van der Waals surface area contributed by atoms with Gasteiger partial charge in [-0.25, -0.2) is 14.8 Å². The molecule has 0 aliphatic rings. The maximum atomic E-state index is 11.2. The number of esters is 1. The molecule has 0 amide bonds. The SMILES string of the molecule is COC(=O)c1cnc(NC(C)c2ncc[nH]2)s1. The summed E-state index contributed by atoms with van der Waals surface area (Å²) in [5.41, 5.74) is 0. The molecule has 2 heterocycles. The zero-order valence-corrected chi connectivity index (χ0v) is 10.2. The van der Waals surface area contributed by atoms with Crippen molar-refractivity contribution in [2.45, 2.75) is 13.0 Å². The molecule has 2 rings (SSSR count). The number of hydrogen-bond donors (Lipinski definition) is 2. The zero-order chi connectivity index (χ0) is 12.3. The summed E-state index contributed by atoms with van der Waals surface area (Å²) in [7, 11) is 1.35. The van der Waals surface area contributed by atoms with Gasteiger partial charge in [0.15, 0.2) is 5.13 Å². The highest BCUT2D eigenvalue weighted by atomic mass is 32.1. The second kappa shape index (κ2) is 4.96. The monoisotopic (exact) mass is 252 g/mol. The molecule has 0 saturated heterocycles. The maximum absolute atomic E-state index is 11.2. The molecule has 0 aliphatic carbocycles. The van der Waals surface area contributed by atoms with E-state index < -0.39 is 0 Å². The number of nitrogens with zero attached hydrogens (tertiary/aromatic N) is 2. The van der Waals surface area contributed by atoms with E-state index in [1.165, 1.54) is 24.6 Å². The van der Waals surface area contributed by atoms with Crippen LogP contribution >= 0.6 is 11.3 Å². The van der Waals surface area contributed by atoms with Crippen molar-refractivity contribution in [1.29, 1.82) is 0 Å². The molecule has 1 atom stereocenters. The Morgan fingerprint density at radius 1 is 1.59 bits per heavy atom. The Hall–Kier alpha value is -1.89. The number of carbonyl (C=O) groups excluding carboxylic acids is 1. The van der Waals surface area contributed by atoms with Crippen LogP contribution in [0.5, 0.6) is 0 Å². The highest BCUT2D eigenvalue weighted by Gasteiger charge is 2.13. The van der Waals surface area contributed by atoms with Gasteiger partial charge in [-0.1, -0.05) is 11.3 Å². The van der Waals surface area contributed by atoms with Crippen molar-refractivity contribution in [1.82, 2.24) is 15.0 Å². The van der Waals surface area contributed by atoms with Crippen LogP contribution in [0.2, 0.25) is 0 Å². The van der Waals surface area contributed by atoms with Crippen LogP contribution in [0.25, 0.3) is 0 Å². The standard InChI is InChI=1S/C10H12N4O2S/c1-6(8-11-3-4-12-8)14-10-13-5-7(17-10)9(15)16-2/h3-6H,1-2H3,(H,11,12)(H,13,14). The lowest BCUT2D eigenvalue weighted by Gasteiger charge is -2.09. The highest BCUT2D eigenvalue weighted by Crippen LogP contribution is 2.22. The largest absolute Gasteiger partial charge is 0.465 e. The molecule has 2 aromatic heterocycles. The molecule has 0 bridgehead atoms. The fourth-order valence-corrected chi connectivity index (χ4v) is 2.13. The number of carbonyl (C=O) groups is 1. The van der Waals surface area contributed by atoms with Crippen LogP contribution in [-0.2, 0) is 4.74 Å². The van der Waals surface area contributed by atoms with Crippen LogP contribution in [0, 0.1) is 0 Å². The molecule has 17 heavy (non-hydrogen) atoms. The van der Waals surface area contributed by atoms with Gasteiger partial charge in [0.2, 0.25) is 0 Å². The predicted octanol–water partition coefficient (Wildman–Crippen LogP) is 1.83. The first-order valence-electron chi connectivity index (χ1n) is 5.00. The second-order valence-corrected chi connectivity index (χ2v) is 4.39. The zero-order valence-electron chi connectivity index (χ0n) is 9.43. The summed E-state index contributed by atoms with van der Waals surface area (Å²) in [4.78, 5) is 23.0. The number of hydrogen-bond acceptors (Lipinski definition) is 6. The number of aromatic amines is 1. The Morgan fingerprint density at radius 2 is 2.41 bits per heavy atom. The fourth-order valence-electron chi connectivity index (χ4n) is 1.30. The number of imidazole rings is 1. The third kappa shape index (κ3) is 2.62. The molecule has 0 fully saturated rings. The number of ether oxygens (including phenoxy) is 1. The molecule has 2 aromatic rings. The smallest absolute Gasteiger partial charge is 0.349 e. The molecule has 6 nitrogen and oxygen atoms in total. The van der Waals surface area contributed by atoms with Gasteiger partial charge in [-0.15, -0.1) is 0 Å². The first kappa shape index (κ1) is 11.6. The number of rotatable bonds is 4. The van der Waals surface area contributed by atoms with Crippen molar-refractivity contribution in [2.24, 2.45) is 0 Å². The van der Waals surface area contributed by atoms with Gasteiger partial charge in [0, 0.05) is 12.4 Å². The summed E-state index contributed by atoms with van der Waals surface area (Å²) in [6.45, 7) is 1.96. The number of thiazole rings is 1. The van der Waals surface area contributed by atoms with E-state index in [2.05, 4.69) is 25.0 Å². The lowest BCUT2D eigenvalue weighted by atomic mass is 10.3. The van der Waals surface area contributed by atoms with Crippen molar-refractivity contribution < 1.29 is 9.53 Å². The van der Waals surface area contributed by atoms with Crippen molar-refractivity contribution >= 4 is 22.4 Å². The normalized spacial score (nSPS) is 12.1. The minimum Gasteiger partial charge on any atom is -0.465 e. The second-order valence-electron chi connectivity index (χ2n) is 3.36. The third-order valence-electron chi connectivity index (χ3n) is 2.16. The Labute approximate surface area is 102 Å². The van der Waals surface area contributed by atoms with Gasteiger partial charge in [-0.05, 0) is 6.92 Å². The molecule has 7 heteroatoms. The third-order valence-corrected chi connectivity index (χ3v) is 3.07. The first-order chi connectivity index (χ1) is 8.20. The van der Waals surface area contributed by atoms with Crippen LogP contribution in [0.3, 0.4) is 0 Å². The lowest BCUT2D eigenvalue weighted by molar-refractivity contribution is 0.0606. The quantitative estimate of drug-likeness (QED) is 0.811. The Kier molecular flexibility index (Phi) is 3.38. The van der Waals surface area contributed by atoms with Crippen LogP contribution in [0.4, 0.5) is 5.13 Å². The molecule has 0 aromatic carbocycles. The van der Waals surface area contributed by atoms with Gasteiger partial charge in [0.1, 0.15) is 10.7 Å². The van der Waals surface area contributed by atoms with Gasteiger partial charge < -0.3 is 15.0 Å². The molecular formula is C10H12N4O2S. The molecule has 0 saturated carbocycles. The number of aromatic nitrogens is 3. The van der Waals surface area contributed by atoms with Crippen LogP contribution in [0.15, 0.2) is 18.6 Å². The molecule has 0 spiro atoms. The first-order valence-corrected chi connectivity index (χ1v) is 5.82. The van der Waals surface area contributed by atoms with Gasteiger partial charge in [-0.3, -0.25) is 0 Å². The van der Waals surface area contributed by atoms with E-state index in [0.717, 1.165) is 5.82 Å². The number of anilines is 1. The maximum Gasteiger partial charge on any atom is 0.349 e. The van der Waals surface area contributed by atoms with Crippen LogP contribution in [0.1, 0.15) is 28.5 Å². The van der Waals surface area contributed by atoms with Gasteiger partial charge in [0.25, 0.3) is 0 Å². The van der Waals surface area contributed by atoms with E-state index >= 15 is 0 Å². The van der Waals surface area contributed by atoms with Crippen LogP contribution < -0.4 is 5.32 Å². The van der Waals surface area contributed by atoms with E-state index in [1.807, 2.05) is 6.92 Å². The number of nitrogens with one attached hydrogen (secondary N) is 2. The van der Waals surface area contributed by atoms with Gasteiger partial charge >= 0.3 is 5.97 Å². The van der Waals surface area contributed by atoms with E-state index in [4.69, 9.17) is 0 Å². The van der Waals surface area contributed by atoms with E-state index in [9.17, 15) is 4.79 Å². The van der Waals surface area contributed by atoms with Crippen molar-refractivity contribution in [3.8, 4) is 0 Å². The highest BCUT2D eigenvalue weighted by molar-refractivity contribution is 7.17. The molecule has 1 unspecified atom stereocenters. The number of H-pyrrole nitrogens is 1. The molecule has 2 N–H and O–H groups in total. The van der Waals surface area contributed by atoms with Crippen molar-refractivity contribution in [3.05, 3.63) is 29.3 Å². The molecule has 90 valence electrons. The Balaban J connectivity index is 2.04. The Morgan fingerprint density at radius 3 is 3.06 bits per heavy atom. The van der Waals surface area contributed by atoms with Crippen LogP contribution in [-0.4, -0.2) is 28.0 Å². The summed E-state index contributed by atoms with van der Waals surface area (Å²) in [6, 6.07) is 0.00152. The minimum absolute atomic E-state index is 0.00152. The van der Waals surface area contributed by atoms with Crippen molar-refractivity contribution in [2.75, 3.05) is 12.4 Å². The van der Waals surface area contributed by atoms with E-state index in [-0.39, 0.29) is 12.0 Å². The fraction of sp³-hybridized carbons (Fsp3) is 0.300. The summed E-state index contributed by atoms with van der Waals surface area (Å²) in [6.07, 6.45) is 4.94. The van der Waals surface area contributed by atoms with E-state index in [1.54, 1.807) is 12.4 Å². The van der Waals surface area contributed by atoms with Gasteiger partial charge in [-0.2, -0.15) is 0 Å². The summed E-state index contributed by atoms with van der Waals surface area (Å²) < 4.78 is 4.61. The topological polar surface area (TPSA) is 79.9 Å². The van der Waals surface area contributed by atoms with E-state index in [0.29, 0.717) is 10.0 Å². The average molecular weight is 252 g/mol. The summed E-state index contributed by atoms with van der Waals surface area (Å²) in [5.74, 6) is 0.445.